The maximum atomic E-state index is 12.5. The number of halogens is 2. The molecule has 3 rings (SSSR count). The number of aromatic nitrogens is 2. The number of rotatable bonds is 4. The molecule has 0 radical (unpaired) electrons. The normalized spacial score (nSPS) is 10.7. The van der Waals surface area contributed by atoms with Crippen molar-refractivity contribution in [3.63, 3.8) is 0 Å². The zero-order valence-electron chi connectivity index (χ0n) is 13.4. The Bertz CT molecular complexity index is 1040. The fourth-order valence-electron chi connectivity index (χ4n) is 2.26. The third kappa shape index (κ3) is 3.57. The molecule has 26 heavy (non-hydrogen) atoms. The molecule has 0 spiro atoms. The highest BCUT2D eigenvalue weighted by atomic mass is 35.5. The van der Waals surface area contributed by atoms with Crippen molar-refractivity contribution < 1.29 is 9.59 Å². The van der Waals surface area contributed by atoms with Gasteiger partial charge < -0.3 is 10.2 Å². The third-order valence-electron chi connectivity index (χ3n) is 3.53. The first-order chi connectivity index (χ1) is 12.4. The van der Waals surface area contributed by atoms with E-state index in [0.717, 1.165) is 4.90 Å². The molecule has 10 heteroatoms. The maximum Gasteiger partial charge on any atom is 0.271 e. The second-order valence-electron chi connectivity index (χ2n) is 5.34. The van der Waals surface area contributed by atoms with Gasteiger partial charge in [-0.15, -0.1) is 11.3 Å². The van der Waals surface area contributed by atoms with Crippen LogP contribution in [0.4, 0.5) is 5.69 Å². The second-order valence-corrected chi connectivity index (χ2v) is 7.03. The minimum Gasteiger partial charge on any atom is -0.332 e. The van der Waals surface area contributed by atoms with Crippen LogP contribution >= 0.6 is 34.5 Å². The Labute approximate surface area is 161 Å². The fourth-order valence-corrected chi connectivity index (χ4v) is 3.43. The van der Waals surface area contributed by atoms with Crippen molar-refractivity contribution in [3.8, 4) is 0 Å². The number of hydrogen-bond acceptors (Lipinski definition) is 5. The van der Waals surface area contributed by atoms with Gasteiger partial charge in [0, 0.05) is 24.8 Å². The van der Waals surface area contributed by atoms with Crippen LogP contribution in [-0.2, 0) is 4.79 Å². The summed E-state index contributed by atoms with van der Waals surface area (Å²) in [5.41, 5.74) is -0.335. The number of fused-ring (bicyclic) bond motifs is 1. The molecule has 134 valence electrons. The van der Waals surface area contributed by atoms with E-state index in [1.165, 1.54) is 35.2 Å². The molecule has 0 atom stereocenters. The van der Waals surface area contributed by atoms with Crippen LogP contribution in [-0.4, -0.2) is 39.7 Å². The zero-order valence-corrected chi connectivity index (χ0v) is 15.7. The second kappa shape index (κ2) is 7.45. The molecule has 0 fully saturated rings. The summed E-state index contributed by atoms with van der Waals surface area (Å²) in [6.45, 7) is -0.286. The van der Waals surface area contributed by atoms with Crippen molar-refractivity contribution in [3.05, 3.63) is 61.9 Å². The van der Waals surface area contributed by atoms with Gasteiger partial charge in [0.25, 0.3) is 11.5 Å². The molecule has 2 amide bonds. The summed E-state index contributed by atoms with van der Waals surface area (Å²) in [6, 6.07) is 4.82. The monoisotopic (exact) mass is 410 g/mol. The van der Waals surface area contributed by atoms with E-state index in [1.807, 2.05) is 0 Å². The van der Waals surface area contributed by atoms with Gasteiger partial charge in [-0.05, 0) is 12.1 Å². The number of hydrogen-bond donors (Lipinski definition) is 1. The summed E-state index contributed by atoms with van der Waals surface area (Å²) >= 11 is 13.3. The SMILES string of the molecule is CN(CC(=O)Nc1c(Cl)cccc1Cl)C(=O)c1cnc2sccn2c1=O. The predicted molar refractivity (Wildman–Crippen MR) is 101 cm³/mol. The van der Waals surface area contributed by atoms with Crippen molar-refractivity contribution in [2.45, 2.75) is 0 Å². The van der Waals surface area contributed by atoms with Gasteiger partial charge in [0.05, 0.1) is 22.3 Å². The van der Waals surface area contributed by atoms with E-state index in [1.54, 1.807) is 23.6 Å². The van der Waals surface area contributed by atoms with Gasteiger partial charge in [0.2, 0.25) is 5.91 Å². The van der Waals surface area contributed by atoms with E-state index < -0.39 is 17.4 Å². The van der Waals surface area contributed by atoms with E-state index in [9.17, 15) is 14.4 Å². The first-order valence-electron chi connectivity index (χ1n) is 7.32. The number of thiazole rings is 1. The molecule has 3 aromatic rings. The van der Waals surface area contributed by atoms with E-state index in [2.05, 4.69) is 10.3 Å². The number of para-hydroxylation sites is 1. The van der Waals surface area contributed by atoms with E-state index in [0.29, 0.717) is 4.96 Å². The molecule has 0 saturated heterocycles. The minimum atomic E-state index is -0.608. The van der Waals surface area contributed by atoms with Crippen molar-refractivity contribution in [2.75, 3.05) is 18.9 Å². The predicted octanol–water partition coefficient (Wildman–Crippen LogP) is 2.77. The highest BCUT2D eigenvalue weighted by Crippen LogP contribution is 2.29. The van der Waals surface area contributed by atoms with Crippen molar-refractivity contribution in [2.24, 2.45) is 0 Å². The van der Waals surface area contributed by atoms with Crippen LogP contribution in [0.5, 0.6) is 0 Å². The average molecular weight is 411 g/mol. The van der Waals surface area contributed by atoms with E-state index >= 15 is 0 Å². The molecule has 2 heterocycles. The zero-order chi connectivity index (χ0) is 18.8. The lowest BCUT2D eigenvalue weighted by Crippen LogP contribution is -2.38. The van der Waals surface area contributed by atoms with E-state index in [-0.39, 0.29) is 27.8 Å². The number of anilines is 1. The van der Waals surface area contributed by atoms with Crippen molar-refractivity contribution in [1.82, 2.24) is 14.3 Å². The Kier molecular flexibility index (Phi) is 5.26. The molecule has 1 N–H and O–H groups in total. The Morgan fingerprint density at radius 3 is 2.69 bits per heavy atom. The standard InChI is InChI=1S/C16H12Cl2N4O3S/c1-21(8-12(23)20-13-10(17)3-2-4-11(13)18)14(24)9-7-19-16-22(15(9)25)5-6-26-16/h2-7H,8H2,1H3,(H,20,23). The van der Waals surface area contributed by atoms with Crippen LogP contribution in [0, 0.1) is 0 Å². The molecule has 2 aromatic heterocycles. The summed E-state index contributed by atoms with van der Waals surface area (Å²) in [4.78, 5) is 42.7. The first kappa shape index (κ1) is 18.4. The van der Waals surface area contributed by atoms with Crippen LogP contribution in [0.3, 0.4) is 0 Å². The molecule has 0 bridgehead atoms. The lowest BCUT2D eigenvalue weighted by Gasteiger charge is -2.17. The highest BCUT2D eigenvalue weighted by Gasteiger charge is 2.20. The Hall–Kier alpha value is -2.42. The summed E-state index contributed by atoms with van der Waals surface area (Å²) in [5, 5.41) is 4.82. The quantitative estimate of drug-likeness (QED) is 0.716. The van der Waals surface area contributed by atoms with Crippen LogP contribution in [0.1, 0.15) is 10.4 Å². The van der Waals surface area contributed by atoms with E-state index in [4.69, 9.17) is 23.2 Å². The van der Waals surface area contributed by atoms with Crippen molar-refractivity contribution in [1.29, 1.82) is 0 Å². The topological polar surface area (TPSA) is 83.8 Å². The van der Waals surface area contributed by atoms with Gasteiger partial charge in [-0.25, -0.2) is 4.98 Å². The highest BCUT2D eigenvalue weighted by molar-refractivity contribution is 7.15. The van der Waals surface area contributed by atoms with Gasteiger partial charge in [-0.2, -0.15) is 0 Å². The molecule has 0 saturated carbocycles. The number of nitrogens with zero attached hydrogens (tertiary/aromatic N) is 3. The Morgan fingerprint density at radius 1 is 1.31 bits per heavy atom. The van der Waals surface area contributed by atoms with Crippen LogP contribution < -0.4 is 10.9 Å². The largest absolute Gasteiger partial charge is 0.332 e. The molecular formula is C16H12Cl2N4O3S. The summed E-state index contributed by atoms with van der Waals surface area (Å²) in [6.07, 6.45) is 2.76. The number of amides is 2. The minimum absolute atomic E-state index is 0.119. The summed E-state index contributed by atoms with van der Waals surface area (Å²) in [5.74, 6) is -1.11. The Balaban J connectivity index is 1.75. The van der Waals surface area contributed by atoms with Crippen LogP contribution in [0.2, 0.25) is 10.0 Å². The van der Waals surface area contributed by atoms with Gasteiger partial charge in [-0.1, -0.05) is 29.3 Å². The molecule has 0 unspecified atom stereocenters. The molecular weight excluding hydrogens is 399 g/mol. The smallest absolute Gasteiger partial charge is 0.271 e. The van der Waals surface area contributed by atoms with Crippen LogP contribution in [0.25, 0.3) is 4.96 Å². The van der Waals surface area contributed by atoms with Crippen LogP contribution in [0.15, 0.2) is 40.8 Å². The Morgan fingerprint density at radius 2 is 2.00 bits per heavy atom. The third-order valence-corrected chi connectivity index (χ3v) is 4.93. The first-order valence-corrected chi connectivity index (χ1v) is 8.96. The van der Waals surface area contributed by atoms with Gasteiger partial charge in [0.15, 0.2) is 4.96 Å². The molecule has 0 aliphatic heterocycles. The lowest BCUT2D eigenvalue weighted by molar-refractivity contribution is -0.116. The fraction of sp³-hybridized carbons (Fsp3) is 0.125. The van der Waals surface area contributed by atoms with Gasteiger partial charge in [-0.3, -0.25) is 18.8 Å². The number of benzene rings is 1. The van der Waals surface area contributed by atoms with Gasteiger partial charge in [0.1, 0.15) is 5.56 Å². The lowest BCUT2D eigenvalue weighted by atomic mass is 10.3. The molecule has 1 aromatic carbocycles. The number of carbonyl (C=O) groups is 2. The molecule has 0 aliphatic rings. The number of likely N-dealkylation sites (N-methyl/N-ethyl adjacent to an activating group) is 1. The summed E-state index contributed by atoms with van der Waals surface area (Å²) in [7, 11) is 1.41. The average Bonchev–Trinajstić information content (AvgIpc) is 3.07. The number of nitrogens with one attached hydrogen (secondary N) is 1. The summed E-state index contributed by atoms with van der Waals surface area (Å²) < 4.78 is 1.29. The molecule has 7 nitrogen and oxygen atoms in total. The van der Waals surface area contributed by atoms with Crippen molar-refractivity contribution >= 4 is 57.0 Å². The van der Waals surface area contributed by atoms with Gasteiger partial charge >= 0.3 is 0 Å². The maximum absolute atomic E-state index is 12.5. The molecule has 0 aliphatic carbocycles. The number of carbonyl (C=O) groups excluding carboxylic acids is 2.